The Bertz CT molecular complexity index is 954. The Labute approximate surface area is 187 Å². The molecule has 7 heteroatoms. The first-order valence-electron chi connectivity index (χ1n) is 9.87. The highest BCUT2D eigenvalue weighted by atomic mass is 32.2. The van der Waals surface area contributed by atoms with E-state index in [1.165, 1.54) is 11.8 Å². The molecule has 1 fully saturated rings. The predicted octanol–water partition coefficient (Wildman–Crippen LogP) is 5.68. The first kappa shape index (κ1) is 22.2. The number of carbonyl (C=O) groups excluding carboxylic acids is 1. The summed E-state index contributed by atoms with van der Waals surface area (Å²) in [6, 6.07) is 13.0. The van der Waals surface area contributed by atoms with Crippen LogP contribution in [0.5, 0.6) is 17.2 Å². The molecule has 0 unspecified atom stereocenters. The van der Waals surface area contributed by atoms with Crippen molar-refractivity contribution in [2.45, 2.75) is 33.8 Å². The van der Waals surface area contributed by atoms with Crippen LogP contribution in [0.25, 0.3) is 6.08 Å². The second-order valence-corrected chi connectivity index (χ2v) is 8.43. The van der Waals surface area contributed by atoms with E-state index >= 15 is 0 Å². The lowest BCUT2D eigenvalue weighted by molar-refractivity contribution is -0.113. The molecular weight excluding hydrogens is 418 g/mol. The minimum atomic E-state index is -0.144. The van der Waals surface area contributed by atoms with Gasteiger partial charge in [-0.3, -0.25) is 9.69 Å². The summed E-state index contributed by atoms with van der Waals surface area (Å²) in [4.78, 5) is 15.1. The molecular formula is C23H25NO4S2. The van der Waals surface area contributed by atoms with E-state index in [0.717, 1.165) is 17.0 Å². The summed E-state index contributed by atoms with van der Waals surface area (Å²) in [6.07, 6.45) is 1.87. The number of amides is 1. The molecule has 5 nitrogen and oxygen atoms in total. The largest absolute Gasteiger partial charge is 0.494 e. The molecule has 1 heterocycles. The number of carbonyl (C=O) groups is 1. The van der Waals surface area contributed by atoms with Crippen LogP contribution in [0.4, 0.5) is 5.69 Å². The molecule has 0 atom stereocenters. The fourth-order valence-electron chi connectivity index (χ4n) is 2.93. The summed E-state index contributed by atoms with van der Waals surface area (Å²) in [5.74, 6) is 1.96. The third kappa shape index (κ3) is 5.15. The average Bonchev–Trinajstić information content (AvgIpc) is 2.98. The van der Waals surface area contributed by atoms with Gasteiger partial charge in [0, 0.05) is 0 Å². The standard InChI is InChI=1S/C23H25NO4S2/c1-5-26-18-10-8-17(9-11-18)24-22(25)21(30-23(24)29)14-16-7-12-19(28-15(3)4)20(13-16)27-6-2/h7-15H,5-6H2,1-4H3/b21-14+. The van der Waals surface area contributed by atoms with Gasteiger partial charge in [-0.05, 0) is 75.7 Å². The van der Waals surface area contributed by atoms with Crippen molar-refractivity contribution in [3.63, 3.8) is 0 Å². The van der Waals surface area contributed by atoms with E-state index in [1.54, 1.807) is 4.90 Å². The van der Waals surface area contributed by atoms with Crippen LogP contribution in [-0.2, 0) is 4.79 Å². The molecule has 1 aliphatic rings. The van der Waals surface area contributed by atoms with E-state index in [1.807, 2.05) is 76.2 Å². The van der Waals surface area contributed by atoms with E-state index in [4.69, 9.17) is 26.4 Å². The highest BCUT2D eigenvalue weighted by molar-refractivity contribution is 8.27. The lowest BCUT2D eigenvalue weighted by atomic mass is 10.1. The zero-order valence-electron chi connectivity index (χ0n) is 17.5. The van der Waals surface area contributed by atoms with Gasteiger partial charge in [-0.15, -0.1) is 0 Å². The summed E-state index contributed by atoms with van der Waals surface area (Å²) < 4.78 is 17.5. The molecule has 0 aliphatic carbocycles. The molecule has 2 aromatic carbocycles. The maximum Gasteiger partial charge on any atom is 0.270 e. The fraction of sp³-hybridized carbons (Fsp3) is 0.304. The SMILES string of the molecule is CCOc1ccc(N2C(=O)/C(=C\c3ccc(OC(C)C)c(OCC)c3)SC2=S)cc1. The summed E-state index contributed by atoms with van der Waals surface area (Å²) >= 11 is 6.75. The highest BCUT2D eigenvalue weighted by Gasteiger charge is 2.33. The van der Waals surface area contributed by atoms with Crippen molar-refractivity contribution >= 4 is 46.0 Å². The van der Waals surface area contributed by atoms with Crippen LogP contribution in [-0.4, -0.2) is 29.5 Å². The van der Waals surface area contributed by atoms with Crippen LogP contribution in [0.1, 0.15) is 33.3 Å². The molecule has 0 aromatic heterocycles. The monoisotopic (exact) mass is 443 g/mol. The lowest BCUT2D eigenvalue weighted by Crippen LogP contribution is -2.27. The number of thioether (sulfide) groups is 1. The van der Waals surface area contributed by atoms with E-state index in [0.29, 0.717) is 33.9 Å². The van der Waals surface area contributed by atoms with Crippen molar-refractivity contribution < 1.29 is 19.0 Å². The maximum atomic E-state index is 13.0. The van der Waals surface area contributed by atoms with E-state index in [2.05, 4.69) is 0 Å². The van der Waals surface area contributed by atoms with Crippen LogP contribution >= 0.6 is 24.0 Å². The topological polar surface area (TPSA) is 48.0 Å². The summed E-state index contributed by atoms with van der Waals surface area (Å²) in [7, 11) is 0. The average molecular weight is 444 g/mol. The number of anilines is 1. The van der Waals surface area contributed by atoms with Crippen LogP contribution in [0.15, 0.2) is 47.4 Å². The van der Waals surface area contributed by atoms with Crippen molar-refractivity contribution in [3.8, 4) is 17.2 Å². The predicted molar refractivity (Wildman–Crippen MR) is 127 cm³/mol. The Morgan fingerprint density at radius 2 is 1.73 bits per heavy atom. The molecule has 0 saturated carbocycles. The van der Waals surface area contributed by atoms with Gasteiger partial charge in [0.15, 0.2) is 15.8 Å². The van der Waals surface area contributed by atoms with E-state index < -0.39 is 0 Å². The Morgan fingerprint density at radius 3 is 2.37 bits per heavy atom. The van der Waals surface area contributed by atoms with Crippen molar-refractivity contribution in [2.24, 2.45) is 0 Å². The van der Waals surface area contributed by atoms with Gasteiger partial charge >= 0.3 is 0 Å². The molecule has 0 bridgehead atoms. The molecule has 0 radical (unpaired) electrons. The molecule has 158 valence electrons. The molecule has 1 amide bonds. The summed E-state index contributed by atoms with van der Waals surface area (Å²) in [6.45, 7) is 8.91. The van der Waals surface area contributed by atoms with Gasteiger partial charge in [0.2, 0.25) is 0 Å². The molecule has 30 heavy (non-hydrogen) atoms. The number of benzene rings is 2. The fourth-order valence-corrected chi connectivity index (χ4v) is 4.23. The normalized spacial score (nSPS) is 15.2. The summed E-state index contributed by atoms with van der Waals surface area (Å²) in [5, 5.41) is 0. The lowest BCUT2D eigenvalue weighted by Gasteiger charge is -2.15. The van der Waals surface area contributed by atoms with Gasteiger partial charge in [0.05, 0.1) is 29.9 Å². The third-order valence-corrected chi connectivity index (χ3v) is 5.43. The minimum absolute atomic E-state index is 0.0421. The maximum absolute atomic E-state index is 13.0. The Hall–Kier alpha value is -2.51. The van der Waals surface area contributed by atoms with Gasteiger partial charge in [0.25, 0.3) is 5.91 Å². The zero-order chi connectivity index (χ0) is 21.7. The van der Waals surface area contributed by atoms with Gasteiger partial charge in [-0.25, -0.2) is 0 Å². The Morgan fingerprint density at radius 1 is 1.03 bits per heavy atom. The minimum Gasteiger partial charge on any atom is -0.494 e. The molecule has 0 spiro atoms. The molecule has 0 N–H and O–H groups in total. The second kappa shape index (κ2) is 10.00. The number of hydrogen-bond acceptors (Lipinski definition) is 6. The number of ether oxygens (including phenoxy) is 3. The van der Waals surface area contributed by atoms with Gasteiger partial charge in [-0.2, -0.15) is 0 Å². The van der Waals surface area contributed by atoms with Crippen molar-refractivity contribution in [1.29, 1.82) is 0 Å². The van der Waals surface area contributed by atoms with Crippen molar-refractivity contribution in [3.05, 3.63) is 52.9 Å². The number of hydrogen-bond donors (Lipinski definition) is 0. The first-order valence-corrected chi connectivity index (χ1v) is 11.1. The van der Waals surface area contributed by atoms with Crippen LogP contribution in [0.3, 0.4) is 0 Å². The third-order valence-electron chi connectivity index (χ3n) is 4.13. The number of rotatable bonds is 8. The Balaban J connectivity index is 1.85. The van der Waals surface area contributed by atoms with E-state index in [-0.39, 0.29) is 12.0 Å². The first-order chi connectivity index (χ1) is 14.4. The molecule has 1 saturated heterocycles. The molecule has 3 rings (SSSR count). The van der Waals surface area contributed by atoms with Crippen molar-refractivity contribution in [1.82, 2.24) is 0 Å². The quantitative estimate of drug-likeness (QED) is 0.387. The molecule has 1 aliphatic heterocycles. The van der Waals surface area contributed by atoms with Crippen LogP contribution < -0.4 is 19.1 Å². The number of thiocarbonyl (C=S) groups is 1. The summed E-state index contributed by atoms with van der Waals surface area (Å²) in [5.41, 5.74) is 1.57. The second-order valence-electron chi connectivity index (χ2n) is 6.75. The molecule has 2 aromatic rings. The van der Waals surface area contributed by atoms with Crippen LogP contribution in [0.2, 0.25) is 0 Å². The smallest absolute Gasteiger partial charge is 0.270 e. The van der Waals surface area contributed by atoms with Crippen LogP contribution in [0, 0.1) is 0 Å². The van der Waals surface area contributed by atoms with Crippen molar-refractivity contribution in [2.75, 3.05) is 18.1 Å². The van der Waals surface area contributed by atoms with E-state index in [9.17, 15) is 4.79 Å². The van der Waals surface area contributed by atoms with Gasteiger partial charge in [-0.1, -0.05) is 30.0 Å². The van der Waals surface area contributed by atoms with Gasteiger partial charge in [0.1, 0.15) is 5.75 Å². The van der Waals surface area contributed by atoms with Gasteiger partial charge < -0.3 is 14.2 Å². The highest BCUT2D eigenvalue weighted by Crippen LogP contribution is 2.37. The number of nitrogens with zero attached hydrogens (tertiary/aromatic N) is 1. The Kier molecular flexibility index (Phi) is 7.39. The zero-order valence-corrected chi connectivity index (χ0v) is 19.1.